The number of nitrogens with zero attached hydrogens (tertiary/aromatic N) is 1. The zero-order valence-electron chi connectivity index (χ0n) is 10.2. The highest BCUT2D eigenvalue weighted by Gasteiger charge is 2.47. The van der Waals surface area contributed by atoms with Crippen LogP contribution in [-0.4, -0.2) is 16.3 Å². The van der Waals surface area contributed by atoms with E-state index in [-0.39, 0.29) is 12.8 Å². The average Bonchev–Trinajstić information content (AvgIpc) is 2.28. The van der Waals surface area contributed by atoms with E-state index >= 15 is 0 Å². The Labute approximate surface area is 104 Å². The maximum absolute atomic E-state index is 12.7. The molecule has 1 N–H and O–H groups in total. The Morgan fingerprint density at radius 1 is 1.39 bits per heavy atom. The lowest BCUT2D eigenvalue weighted by Gasteiger charge is -2.37. The number of hydrogen-bond donors (Lipinski definition) is 1. The van der Waals surface area contributed by atoms with E-state index in [1.165, 1.54) is 6.20 Å². The predicted molar refractivity (Wildman–Crippen MR) is 60.9 cm³/mol. The highest BCUT2D eigenvalue weighted by atomic mass is 19.4. The van der Waals surface area contributed by atoms with Crippen molar-refractivity contribution < 1.29 is 18.3 Å². The van der Waals surface area contributed by atoms with Gasteiger partial charge in [-0.15, -0.1) is 0 Å². The van der Waals surface area contributed by atoms with Gasteiger partial charge >= 0.3 is 6.18 Å². The highest BCUT2D eigenvalue weighted by molar-refractivity contribution is 5.21. The van der Waals surface area contributed by atoms with Gasteiger partial charge in [0.05, 0.1) is 11.5 Å². The Hall–Kier alpha value is -1.10. The summed E-state index contributed by atoms with van der Waals surface area (Å²) in [6, 6.07) is 3.38. The van der Waals surface area contributed by atoms with E-state index in [2.05, 4.69) is 4.98 Å². The molecule has 2 unspecified atom stereocenters. The summed E-state index contributed by atoms with van der Waals surface area (Å²) in [4.78, 5) is 4.05. The second-order valence-corrected chi connectivity index (χ2v) is 5.05. The molecule has 0 aromatic carbocycles. The molecule has 0 aliphatic heterocycles. The fourth-order valence-electron chi connectivity index (χ4n) is 2.54. The first-order valence-corrected chi connectivity index (χ1v) is 6.03. The molecule has 100 valence electrons. The molecule has 5 heteroatoms. The molecule has 2 atom stereocenters. The van der Waals surface area contributed by atoms with Crippen molar-refractivity contribution >= 4 is 0 Å². The Morgan fingerprint density at radius 2 is 2.11 bits per heavy atom. The molecule has 1 aliphatic rings. The first kappa shape index (κ1) is 13.3. The van der Waals surface area contributed by atoms with Crippen LogP contribution in [0.1, 0.15) is 36.9 Å². The Morgan fingerprint density at radius 3 is 2.67 bits per heavy atom. The molecule has 0 saturated heterocycles. The summed E-state index contributed by atoms with van der Waals surface area (Å²) >= 11 is 0. The minimum absolute atomic E-state index is 0.102. The van der Waals surface area contributed by atoms with Crippen molar-refractivity contribution in [3.05, 3.63) is 29.6 Å². The lowest BCUT2D eigenvalue weighted by Crippen LogP contribution is -2.38. The van der Waals surface area contributed by atoms with Crippen LogP contribution in [0.25, 0.3) is 0 Å². The van der Waals surface area contributed by atoms with Crippen molar-refractivity contribution in [3.63, 3.8) is 0 Å². The van der Waals surface area contributed by atoms with Crippen molar-refractivity contribution in [1.82, 2.24) is 4.98 Å². The van der Waals surface area contributed by atoms with Crippen LogP contribution in [0.5, 0.6) is 0 Å². The van der Waals surface area contributed by atoms with Crippen LogP contribution >= 0.6 is 0 Å². The molecule has 1 saturated carbocycles. The van der Waals surface area contributed by atoms with Crippen molar-refractivity contribution in [3.8, 4) is 0 Å². The normalized spacial score (nSPS) is 29.3. The fourth-order valence-corrected chi connectivity index (χ4v) is 2.54. The molecule has 1 aliphatic carbocycles. The number of rotatable bonds is 1. The summed E-state index contributed by atoms with van der Waals surface area (Å²) in [6.07, 6.45) is -2.16. The quantitative estimate of drug-likeness (QED) is 0.839. The smallest absolute Gasteiger partial charge is 0.385 e. The number of hydrogen-bond acceptors (Lipinski definition) is 2. The summed E-state index contributed by atoms with van der Waals surface area (Å²) in [7, 11) is 0. The van der Waals surface area contributed by atoms with Crippen LogP contribution in [0.3, 0.4) is 0 Å². The third-order valence-corrected chi connectivity index (χ3v) is 3.64. The summed E-state index contributed by atoms with van der Waals surface area (Å²) in [5, 5.41) is 10.4. The molecule has 2 rings (SSSR count). The molecule has 2 nitrogen and oxygen atoms in total. The van der Waals surface area contributed by atoms with Gasteiger partial charge < -0.3 is 5.11 Å². The summed E-state index contributed by atoms with van der Waals surface area (Å²) < 4.78 is 38.2. The van der Waals surface area contributed by atoms with Gasteiger partial charge in [-0.2, -0.15) is 13.2 Å². The predicted octanol–water partition coefficient (Wildman–Crippen LogP) is 3.33. The van der Waals surface area contributed by atoms with E-state index in [0.29, 0.717) is 18.4 Å². The van der Waals surface area contributed by atoms with E-state index in [1.54, 1.807) is 19.1 Å². The van der Waals surface area contributed by atoms with E-state index < -0.39 is 17.7 Å². The third-order valence-electron chi connectivity index (χ3n) is 3.64. The van der Waals surface area contributed by atoms with Gasteiger partial charge in [0.2, 0.25) is 0 Å². The minimum atomic E-state index is -4.23. The molecule has 0 amide bonds. The number of halogens is 3. The average molecular weight is 259 g/mol. The molecular formula is C13H16F3NO. The molecule has 0 spiro atoms. The number of aryl methyl sites for hydroxylation is 1. The Bertz CT molecular complexity index is 415. The maximum atomic E-state index is 12.7. The minimum Gasteiger partial charge on any atom is -0.385 e. The van der Waals surface area contributed by atoms with Crippen LogP contribution in [0.15, 0.2) is 18.3 Å². The number of aliphatic hydroxyl groups is 1. The van der Waals surface area contributed by atoms with Gasteiger partial charge in [0, 0.05) is 17.5 Å². The molecule has 1 aromatic heterocycles. The molecule has 1 aromatic rings. The van der Waals surface area contributed by atoms with Gasteiger partial charge in [0.15, 0.2) is 0 Å². The third kappa shape index (κ3) is 2.66. The first-order valence-electron chi connectivity index (χ1n) is 6.03. The second kappa shape index (κ2) is 4.53. The van der Waals surface area contributed by atoms with Crippen LogP contribution < -0.4 is 0 Å². The highest BCUT2D eigenvalue weighted by Crippen LogP contribution is 2.45. The lowest BCUT2D eigenvalue weighted by atomic mass is 9.74. The monoisotopic (exact) mass is 259 g/mol. The standard InChI is InChI=1S/C13H16F3NO/c1-9-4-5-11(8-17-9)12(18)6-2-3-10(7-12)13(14,15)16/h4-5,8,10,18H,2-3,6-7H2,1H3. The Balaban J connectivity index is 2.22. The number of pyridine rings is 1. The van der Waals surface area contributed by atoms with E-state index in [9.17, 15) is 18.3 Å². The summed E-state index contributed by atoms with van der Waals surface area (Å²) in [6.45, 7) is 1.80. The zero-order valence-corrected chi connectivity index (χ0v) is 10.2. The maximum Gasteiger partial charge on any atom is 0.391 e. The van der Waals surface area contributed by atoms with Crippen LogP contribution in [-0.2, 0) is 5.60 Å². The SMILES string of the molecule is Cc1ccc(C2(O)CCCC(C(F)(F)F)C2)cn1. The van der Waals surface area contributed by atoms with Crippen LogP contribution in [0, 0.1) is 12.8 Å². The summed E-state index contributed by atoms with van der Waals surface area (Å²) in [5.41, 5.74) is -0.119. The molecule has 0 bridgehead atoms. The van der Waals surface area contributed by atoms with Crippen molar-refractivity contribution in [2.75, 3.05) is 0 Å². The molecule has 1 fully saturated rings. The Kier molecular flexibility index (Phi) is 3.36. The first-order chi connectivity index (χ1) is 8.31. The zero-order chi connectivity index (χ0) is 13.4. The summed E-state index contributed by atoms with van der Waals surface area (Å²) in [5.74, 6) is -1.42. The number of aromatic nitrogens is 1. The van der Waals surface area contributed by atoms with Crippen molar-refractivity contribution in [1.29, 1.82) is 0 Å². The molecular weight excluding hydrogens is 243 g/mol. The van der Waals surface area contributed by atoms with Gasteiger partial charge in [-0.3, -0.25) is 4.98 Å². The molecule has 0 radical (unpaired) electrons. The van der Waals surface area contributed by atoms with Crippen LogP contribution in [0.2, 0.25) is 0 Å². The largest absolute Gasteiger partial charge is 0.391 e. The van der Waals surface area contributed by atoms with Crippen molar-refractivity contribution in [2.24, 2.45) is 5.92 Å². The van der Waals surface area contributed by atoms with Gasteiger partial charge in [-0.25, -0.2) is 0 Å². The topological polar surface area (TPSA) is 33.1 Å². The van der Waals surface area contributed by atoms with Gasteiger partial charge in [0.1, 0.15) is 0 Å². The molecule has 1 heterocycles. The number of alkyl halides is 3. The molecule has 18 heavy (non-hydrogen) atoms. The van der Waals surface area contributed by atoms with Gasteiger partial charge in [0.25, 0.3) is 0 Å². The van der Waals surface area contributed by atoms with Crippen molar-refractivity contribution in [2.45, 2.75) is 44.4 Å². The second-order valence-electron chi connectivity index (χ2n) is 5.05. The van der Waals surface area contributed by atoms with Gasteiger partial charge in [-0.1, -0.05) is 6.07 Å². The fraction of sp³-hybridized carbons (Fsp3) is 0.615. The van der Waals surface area contributed by atoms with E-state index in [0.717, 1.165) is 5.69 Å². The van der Waals surface area contributed by atoms with E-state index in [1.807, 2.05) is 0 Å². The van der Waals surface area contributed by atoms with Gasteiger partial charge in [-0.05, 0) is 38.7 Å². The van der Waals surface area contributed by atoms with Crippen LogP contribution in [0.4, 0.5) is 13.2 Å². The lowest BCUT2D eigenvalue weighted by molar-refractivity contribution is -0.201. The van der Waals surface area contributed by atoms with E-state index in [4.69, 9.17) is 0 Å².